The summed E-state index contributed by atoms with van der Waals surface area (Å²) in [6.07, 6.45) is 6.11. The average molecular weight is 786 g/mol. The van der Waals surface area contributed by atoms with Gasteiger partial charge in [-0.25, -0.2) is 0 Å². The molecule has 0 saturated carbocycles. The highest BCUT2D eigenvalue weighted by Crippen LogP contribution is 2.48. The zero-order valence-corrected chi connectivity index (χ0v) is 25.7. The summed E-state index contributed by atoms with van der Waals surface area (Å²) in [7, 11) is 0. The van der Waals surface area contributed by atoms with Gasteiger partial charge in [0.25, 0.3) is 0 Å². The number of ether oxygens (including phenoxy) is 2. The molecule has 8 heteroatoms. The molecule has 2 rings (SSSR count). The van der Waals surface area contributed by atoms with Gasteiger partial charge in [-0.1, -0.05) is 102 Å². The van der Waals surface area contributed by atoms with Crippen LogP contribution >= 0.6 is 95.6 Å². The van der Waals surface area contributed by atoms with E-state index in [1.54, 1.807) is 0 Å². The fourth-order valence-electron chi connectivity index (χ4n) is 3.15. The van der Waals surface area contributed by atoms with Crippen LogP contribution in [0, 0.1) is 5.41 Å². The van der Waals surface area contributed by atoms with Crippen molar-refractivity contribution < 1.29 is 9.47 Å². The summed E-state index contributed by atoms with van der Waals surface area (Å²) in [6, 6.07) is 0. The Labute approximate surface area is 223 Å². The van der Waals surface area contributed by atoms with Crippen LogP contribution in [0.2, 0.25) is 0 Å². The van der Waals surface area contributed by atoms with Gasteiger partial charge in [0.05, 0.1) is 18.6 Å². The molecule has 2 nitrogen and oxygen atoms in total. The number of allylic oxidation sites excluding steroid dienone is 8. The highest BCUT2D eigenvalue weighted by Gasteiger charge is 2.36. The van der Waals surface area contributed by atoms with Crippen molar-refractivity contribution in [2.24, 2.45) is 5.41 Å². The van der Waals surface area contributed by atoms with Crippen LogP contribution in [0.1, 0.15) is 26.7 Å². The number of hydrogen-bond acceptors (Lipinski definition) is 2. The zero-order valence-electron chi connectivity index (χ0n) is 16.1. The molecule has 0 bridgehead atoms. The fourth-order valence-corrected chi connectivity index (χ4v) is 6.78. The van der Waals surface area contributed by atoms with E-state index in [0.717, 1.165) is 42.3 Å². The van der Waals surface area contributed by atoms with Gasteiger partial charge in [-0.05, 0) is 56.9 Å². The Morgan fingerprint density at radius 3 is 1.52 bits per heavy atom. The lowest BCUT2D eigenvalue weighted by molar-refractivity contribution is 0.232. The van der Waals surface area contributed by atoms with Crippen molar-refractivity contribution in [1.82, 2.24) is 0 Å². The predicted octanol–water partition coefficient (Wildman–Crippen LogP) is 9.26. The largest absolute Gasteiger partial charge is 0.490 e. The van der Waals surface area contributed by atoms with Crippen LogP contribution in [0.15, 0.2) is 65.9 Å². The Hall–Kier alpha value is 0.920. The van der Waals surface area contributed by atoms with E-state index in [4.69, 9.17) is 9.47 Å². The summed E-state index contributed by atoms with van der Waals surface area (Å²) in [5, 5.41) is 0. The van der Waals surface area contributed by atoms with Crippen molar-refractivity contribution in [3.8, 4) is 0 Å². The second-order valence-corrected chi connectivity index (χ2v) is 13.5. The van der Waals surface area contributed by atoms with Crippen LogP contribution < -0.4 is 0 Å². The highest BCUT2D eigenvalue weighted by molar-refractivity contribution is 9.12. The van der Waals surface area contributed by atoms with Gasteiger partial charge in [0.1, 0.15) is 24.7 Å². The average Bonchev–Trinajstić information content (AvgIpc) is 2.59. The van der Waals surface area contributed by atoms with Gasteiger partial charge in [0, 0.05) is 14.4 Å². The summed E-state index contributed by atoms with van der Waals surface area (Å²) in [5.41, 5.74) is 2.55. The molecule has 0 aromatic heterocycles. The first-order valence-electron chi connectivity index (χ1n) is 8.85. The quantitative estimate of drug-likeness (QED) is 0.229. The van der Waals surface area contributed by atoms with Gasteiger partial charge in [-0.15, -0.1) is 0 Å². The van der Waals surface area contributed by atoms with Crippen molar-refractivity contribution in [1.29, 1.82) is 0 Å². The van der Waals surface area contributed by atoms with Crippen LogP contribution in [0.3, 0.4) is 0 Å². The Morgan fingerprint density at radius 1 is 0.897 bits per heavy atom. The van der Waals surface area contributed by atoms with E-state index >= 15 is 0 Å². The summed E-state index contributed by atoms with van der Waals surface area (Å²) in [6.45, 7) is 13.1. The van der Waals surface area contributed by atoms with E-state index < -0.39 is 0 Å². The molecule has 0 aromatic carbocycles. The summed E-state index contributed by atoms with van der Waals surface area (Å²) in [4.78, 5) is 0.213. The van der Waals surface area contributed by atoms with E-state index in [-0.39, 0.29) is 15.1 Å². The predicted molar refractivity (Wildman–Crippen MR) is 145 cm³/mol. The molecule has 0 aromatic rings. The maximum absolute atomic E-state index is 5.90. The van der Waals surface area contributed by atoms with Crippen LogP contribution in [0.5, 0.6) is 0 Å². The third-order valence-electron chi connectivity index (χ3n) is 4.81. The first-order valence-corrected chi connectivity index (χ1v) is 13.9. The number of alkyl halides is 2. The monoisotopic (exact) mass is 780 g/mol. The Balaban J connectivity index is 2.30. The molecule has 0 saturated heterocycles. The topological polar surface area (TPSA) is 18.5 Å². The number of rotatable bonds is 8. The van der Waals surface area contributed by atoms with Crippen molar-refractivity contribution in [3.05, 3.63) is 65.9 Å². The standard InChI is InChI=1S/C21H22Br6O2/c1-11(22)9-28-19-15(24)5-13(6-16(19)25)21(3,4)14-7-17(26)20(18(27)8-14)29-10-12(2)23/h5,7,16,18H,1-2,6,8-10H2,3-4H3. The van der Waals surface area contributed by atoms with Crippen LogP contribution in [0.4, 0.5) is 0 Å². The first kappa shape index (κ1) is 26.2. The molecule has 2 aliphatic carbocycles. The summed E-state index contributed by atoms with van der Waals surface area (Å²) < 4.78 is 15.4. The SMILES string of the molecule is C=C(Br)COC1=C(Br)C=C(C(C)(C)C2=CC(Br)=C(OCC(=C)Br)C(Br)C2)CC1Br. The van der Waals surface area contributed by atoms with Crippen molar-refractivity contribution >= 4 is 95.6 Å². The third-order valence-corrected chi connectivity index (χ3v) is 7.99. The second kappa shape index (κ2) is 11.2. The van der Waals surface area contributed by atoms with E-state index in [1.807, 2.05) is 0 Å². The van der Waals surface area contributed by atoms with Crippen molar-refractivity contribution in [2.45, 2.75) is 36.3 Å². The molecular weight excluding hydrogens is 764 g/mol. The van der Waals surface area contributed by atoms with Gasteiger partial charge in [-0.3, -0.25) is 0 Å². The molecule has 0 fully saturated rings. The van der Waals surface area contributed by atoms with Crippen LogP contribution in [-0.4, -0.2) is 22.9 Å². The molecule has 29 heavy (non-hydrogen) atoms. The van der Waals surface area contributed by atoms with E-state index in [9.17, 15) is 0 Å². The van der Waals surface area contributed by atoms with Crippen LogP contribution in [-0.2, 0) is 9.47 Å². The Kier molecular flexibility index (Phi) is 10.1. The molecule has 2 unspecified atom stereocenters. The first-order chi connectivity index (χ1) is 13.4. The number of hydrogen-bond donors (Lipinski definition) is 0. The highest BCUT2D eigenvalue weighted by atomic mass is 79.9. The molecular formula is C21H22Br6O2. The van der Waals surface area contributed by atoms with E-state index in [0.29, 0.717) is 13.2 Å². The minimum absolute atomic E-state index is 0.106. The molecule has 0 spiro atoms. The number of halogens is 6. The molecule has 0 radical (unpaired) electrons. The normalized spacial score (nSPS) is 22.9. The van der Waals surface area contributed by atoms with Gasteiger partial charge < -0.3 is 9.47 Å². The van der Waals surface area contributed by atoms with Gasteiger partial charge in [0.2, 0.25) is 0 Å². The smallest absolute Gasteiger partial charge is 0.125 e. The minimum Gasteiger partial charge on any atom is -0.490 e. The van der Waals surface area contributed by atoms with Crippen molar-refractivity contribution in [2.75, 3.05) is 13.2 Å². The molecule has 160 valence electrons. The molecule has 0 heterocycles. The Bertz CT molecular complexity index is 753. The lowest BCUT2D eigenvalue weighted by Gasteiger charge is -2.37. The maximum Gasteiger partial charge on any atom is 0.125 e. The molecule has 2 atom stereocenters. The zero-order chi connectivity index (χ0) is 21.9. The van der Waals surface area contributed by atoms with Gasteiger partial charge in [0.15, 0.2) is 0 Å². The minimum atomic E-state index is -0.120. The fraction of sp³-hybridized carbons (Fsp3) is 0.429. The third kappa shape index (κ3) is 6.95. The second-order valence-electron chi connectivity index (χ2n) is 7.34. The van der Waals surface area contributed by atoms with Crippen molar-refractivity contribution in [3.63, 3.8) is 0 Å². The van der Waals surface area contributed by atoms with Crippen LogP contribution in [0.25, 0.3) is 0 Å². The van der Waals surface area contributed by atoms with Gasteiger partial charge >= 0.3 is 0 Å². The summed E-state index contributed by atoms with van der Waals surface area (Å²) in [5.74, 6) is 1.79. The summed E-state index contributed by atoms with van der Waals surface area (Å²) >= 11 is 21.7. The lowest BCUT2D eigenvalue weighted by atomic mass is 9.71. The van der Waals surface area contributed by atoms with Gasteiger partial charge in [-0.2, -0.15) is 0 Å². The molecule has 0 amide bonds. The van der Waals surface area contributed by atoms with E-state index in [1.165, 1.54) is 11.1 Å². The molecule has 2 aliphatic rings. The van der Waals surface area contributed by atoms with E-state index in [2.05, 4.69) is 135 Å². The maximum atomic E-state index is 5.90. The lowest BCUT2D eigenvalue weighted by Crippen LogP contribution is -2.27. The molecule has 0 aliphatic heterocycles. The molecule has 0 N–H and O–H groups in total. The Morgan fingerprint density at radius 2 is 1.24 bits per heavy atom.